The van der Waals surface area contributed by atoms with Crippen LogP contribution in [0.3, 0.4) is 0 Å². The summed E-state index contributed by atoms with van der Waals surface area (Å²) in [4.78, 5) is 0. The molecule has 1 fully saturated rings. The van der Waals surface area contributed by atoms with Crippen molar-refractivity contribution < 1.29 is 4.42 Å². The standard InChI is InChI=1S/C19H27NO/c1-3-17-16(15-9-5-6-10-18(15)21-17)13-20-14-19(2)11-7-4-8-12-19/h5-6,9-10,20H,3-4,7-8,11-14H2,1-2H3. The van der Waals surface area contributed by atoms with Crippen molar-refractivity contribution in [3.05, 3.63) is 35.6 Å². The molecule has 0 unspecified atom stereocenters. The second-order valence-corrected chi connectivity index (χ2v) is 6.83. The first-order chi connectivity index (χ1) is 10.2. The molecular weight excluding hydrogens is 258 g/mol. The van der Waals surface area contributed by atoms with Gasteiger partial charge in [0.2, 0.25) is 0 Å². The number of benzene rings is 1. The summed E-state index contributed by atoms with van der Waals surface area (Å²) >= 11 is 0. The van der Waals surface area contributed by atoms with Crippen LogP contribution >= 0.6 is 0 Å². The summed E-state index contributed by atoms with van der Waals surface area (Å²) in [5.41, 5.74) is 2.87. The van der Waals surface area contributed by atoms with Crippen molar-refractivity contribution >= 4 is 11.0 Å². The van der Waals surface area contributed by atoms with E-state index in [0.29, 0.717) is 5.41 Å². The maximum absolute atomic E-state index is 5.98. The molecule has 1 N–H and O–H groups in total. The normalized spacial score (nSPS) is 18.2. The van der Waals surface area contributed by atoms with Crippen LogP contribution in [-0.4, -0.2) is 6.54 Å². The Labute approximate surface area is 127 Å². The molecule has 1 saturated carbocycles. The minimum absolute atomic E-state index is 0.490. The van der Waals surface area contributed by atoms with E-state index < -0.39 is 0 Å². The van der Waals surface area contributed by atoms with E-state index in [0.717, 1.165) is 30.9 Å². The number of rotatable bonds is 5. The lowest BCUT2D eigenvalue weighted by Crippen LogP contribution is -2.33. The monoisotopic (exact) mass is 285 g/mol. The summed E-state index contributed by atoms with van der Waals surface area (Å²) in [5, 5.41) is 4.98. The molecule has 2 aromatic rings. The van der Waals surface area contributed by atoms with Gasteiger partial charge in [-0.3, -0.25) is 0 Å². The molecule has 0 saturated heterocycles. The molecule has 0 aliphatic heterocycles. The van der Waals surface area contributed by atoms with E-state index in [9.17, 15) is 0 Å². The second kappa shape index (κ2) is 6.23. The predicted octanol–water partition coefficient (Wildman–Crippen LogP) is 5.06. The SMILES string of the molecule is CCc1oc2ccccc2c1CNCC1(C)CCCCC1. The van der Waals surface area contributed by atoms with Gasteiger partial charge in [-0.2, -0.15) is 0 Å². The van der Waals surface area contributed by atoms with Crippen LogP contribution in [0.25, 0.3) is 11.0 Å². The van der Waals surface area contributed by atoms with Crippen molar-refractivity contribution in [3.63, 3.8) is 0 Å². The summed E-state index contributed by atoms with van der Waals surface area (Å²) in [5.74, 6) is 1.14. The van der Waals surface area contributed by atoms with Gasteiger partial charge in [-0.05, 0) is 24.3 Å². The van der Waals surface area contributed by atoms with Gasteiger partial charge in [-0.1, -0.05) is 51.3 Å². The molecule has 2 nitrogen and oxygen atoms in total. The average Bonchev–Trinajstić information content (AvgIpc) is 2.86. The first-order valence-corrected chi connectivity index (χ1v) is 8.42. The third-order valence-corrected chi connectivity index (χ3v) is 5.02. The highest BCUT2D eigenvalue weighted by atomic mass is 16.3. The molecule has 0 bridgehead atoms. The lowest BCUT2D eigenvalue weighted by Gasteiger charge is -2.33. The number of nitrogens with one attached hydrogen (secondary N) is 1. The van der Waals surface area contributed by atoms with Gasteiger partial charge in [0.05, 0.1) is 0 Å². The summed E-state index contributed by atoms with van der Waals surface area (Å²) in [6, 6.07) is 8.40. The van der Waals surface area contributed by atoms with E-state index in [1.54, 1.807) is 0 Å². The summed E-state index contributed by atoms with van der Waals surface area (Å²) in [6.07, 6.45) is 7.91. The topological polar surface area (TPSA) is 25.2 Å². The fraction of sp³-hybridized carbons (Fsp3) is 0.579. The third kappa shape index (κ3) is 3.16. The van der Waals surface area contributed by atoms with Crippen molar-refractivity contribution in [3.8, 4) is 0 Å². The zero-order valence-corrected chi connectivity index (χ0v) is 13.4. The molecular formula is C19H27NO. The molecule has 1 heterocycles. The molecule has 0 amide bonds. The fourth-order valence-corrected chi connectivity index (χ4v) is 3.70. The van der Waals surface area contributed by atoms with Gasteiger partial charge in [0.15, 0.2) is 0 Å². The van der Waals surface area contributed by atoms with Gasteiger partial charge in [0.1, 0.15) is 11.3 Å². The van der Waals surface area contributed by atoms with Gasteiger partial charge >= 0.3 is 0 Å². The molecule has 0 atom stereocenters. The Bertz CT molecular complexity index is 593. The largest absolute Gasteiger partial charge is 0.461 e. The Hall–Kier alpha value is -1.28. The molecule has 1 aromatic heterocycles. The third-order valence-electron chi connectivity index (χ3n) is 5.02. The number of fused-ring (bicyclic) bond motifs is 1. The van der Waals surface area contributed by atoms with Crippen molar-refractivity contribution in [2.45, 2.75) is 58.9 Å². The van der Waals surface area contributed by atoms with Gasteiger partial charge in [-0.25, -0.2) is 0 Å². The van der Waals surface area contributed by atoms with E-state index in [4.69, 9.17) is 4.42 Å². The first kappa shape index (κ1) is 14.6. The molecule has 3 rings (SSSR count). The molecule has 1 aliphatic rings. The summed E-state index contributed by atoms with van der Waals surface area (Å²) in [6.45, 7) is 6.66. The predicted molar refractivity (Wildman–Crippen MR) is 88.5 cm³/mol. The quantitative estimate of drug-likeness (QED) is 0.831. The van der Waals surface area contributed by atoms with Crippen LogP contribution in [0.2, 0.25) is 0 Å². The molecule has 0 radical (unpaired) electrons. The molecule has 1 aliphatic carbocycles. The van der Waals surface area contributed by atoms with Gasteiger partial charge < -0.3 is 9.73 Å². The Morgan fingerprint density at radius 2 is 1.90 bits per heavy atom. The van der Waals surface area contributed by atoms with E-state index >= 15 is 0 Å². The van der Waals surface area contributed by atoms with Crippen LogP contribution in [0, 0.1) is 5.41 Å². The highest BCUT2D eigenvalue weighted by molar-refractivity contribution is 5.82. The summed E-state index contributed by atoms with van der Waals surface area (Å²) < 4.78 is 5.98. The fourth-order valence-electron chi connectivity index (χ4n) is 3.70. The minimum atomic E-state index is 0.490. The zero-order valence-electron chi connectivity index (χ0n) is 13.4. The van der Waals surface area contributed by atoms with Crippen LogP contribution in [-0.2, 0) is 13.0 Å². The first-order valence-electron chi connectivity index (χ1n) is 8.42. The molecule has 1 aromatic carbocycles. The number of hydrogen-bond donors (Lipinski definition) is 1. The van der Waals surface area contributed by atoms with Crippen molar-refractivity contribution in [1.82, 2.24) is 5.32 Å². The maximum Gasteiger partial charge on any atom is 0.134 e. The van der Waals surface area contributed by atoms with Crippen molar-refractivity contribution in [1.29, 1.82) is 0 Å². The van der Waals surface area contributed by atoms with Gasteiger partial charge in [0, 0.05) is 30.5 Å². The van der Waals surface area contributed by atoms with Crippen molar-refractivity contribution in [2.75, 3.05) is 6.54 Å². The molecule has 0 spiro atoms. The van der Waals surface area contributed by atoms with E-state index in [1.165, 1.54) is 43.1 Å². The van der Waals surface area contributed by atoms with E-state index in [-0.39, 0.29) is 0 Å². The van der Waals surface area contributed by atoms with Crippen LogP contribution < -0.4 is 5.32 Å². The Balaban J connectivity index is 1.70. The summed E-state index contributed by atoms with van der Waals surface area (Å²) in [7, 11) is 0. The molecule has 2 heteroatoms. The van der Waals surface area contributed by atoms with Crippen molar-refractivity contribution in [2.24, 2.45) is 5.41 Å². The second-order valence-electron chi connectivity index (χ2n) is 6.83. The maximum atomic E-state index is 5.98. The minimum Gasteiger partial charge on any atom is -0.461 e. The Morgan fingerprint density at radius 3 is 2.67 bits per heavy atom. The van der Waals surface area contributed by atoms with Gasteiger partial charge in [0.25, 0.3) is 0 Å². The Morgan fingerprint density at radius 1 is 1.14 bits per heavy atom. The van der Waals surface area contributed by atoms with Gasteiger partial charge in [-0.15, -0.1) is 0 Å². The number of furan rings is 1. The number of aryl methyl sites for hydroxylation is 1. The highest BCUT2D eigenvalue weighted by Gasteiger charge is 2.26. The number of hydrogen-bond acceptors (Lipinski definition) is 2. The van der Waals surface area contributed by atoms with Crippen LogP contribution in [0.1, 0.15) is 57.3 Å². The van der Waals surface area contributed by atoms with E-state index in [2.05, 4.69) is 37.4 Å². The lowest BCUT2D eigenvalue weighted by atomic mass is 9.76. The van der Waals surface area contributed by atoms with Crippen LogP contribution in [0.15, 0.2) is 28.7 Å². The van der Waals surface area contributed by atoms with E-state index in [1.807, 2.05) is 6.07 Å². The zero-order chi connectivity index (χ0) is 14.7. The smallest absolute Gasteiger partial charge is 0.134 e. The lowest BCUT2D eigenvalue weighted by molar-refractivity contribution is 0.207. The molecule has 21 heavy (non-hydrogen) atoms. The van der Waals surface area contributed by atoms with Crippen LogP contribution in [0.4, 0.5) is 0 Å². The van der Waals surface area contributed by atoms with Crippen LogP contribution in [0.5, 0.6) is 0 Å². The number of para-hydroxylation sites is 1. The highest BCUT2D eigenvalue weighted by Crippen LogP contribution is 2.35. The average molecular weight is 285 g/mol. The Kier molecular flexibility index (Phi) is 4.34. The molecule has 114 valence electrons.